The van der Waals surface area contributed by atoms with Crippen LogP contribution in [0.15, 0.2) is 9.59 Å². The van der Waals surface area contributed by atoms with E-state index in [1.54, 1.807) is 0 Å². The van der Waals surface area contributed by atoms with Crippen LogP contribution in [-0.2, 0) is 13.6 Å². The maximum Gasteiger partial charge on any atom is 0.332 e. The SMILES string of the molecule is CCn1c(=O)n(C)c(=O)c2[nH]c(=S)[nH]c21. The molecule has 6 nitrogen and oxygen atoms in total. The van der Waals surface area contributed by atoms with E-state index in [4.69, 9.17) is 12.2 Å². The molecule has 2 N–H and O–H groups in total. The second-order valence-corrected chi connectivity index (χ2v) is 3.60. The van der Waals surface area contributed by atoms with Gasteiger partial charge in [-0.05, 0) is 19.1 Å². The highest BCUT2D eigenvalue weighted by Crippen LogP contribution is 2.01. The molecule has 7 heteroatoms. The average molecular weight is 226 g/mol. The maximum absolute atomic E-state index is 11.7. The Bertz CT molecular complexity index is 687. The molecule has 2 aromatic heterocycles. The van der Waals surface area contributed by atoms with Crippen molar-refractivity contribution in [3.8, 4) is 0 Å². The molecule has 0 bridgehead atoms. The molecule has 0 aliphatic carbocycles. The Balaban J connectivity index is 3.18. The standard InChI is InChI=1S/C8H10N4O2S/c1-3-12-5-4(9-7(15)10-5)6(13)11(2)8(12)14/h3H2,1-2H3,(H2,9,10,15). The topological polar surface area (TPSA) is 75.6 Å². The zero-order chi connectivity index (χ0) is 11.2. The van der Waals surface area contributed by atoms with Crippen LogP contribution in [0.5, 0.6) is 0 Å². The molecule has 2 aromatic rings. The Morgan fingerprint density at radius 3 is 2.60 bits per heavy atom. The lowest BCUT2D eigenvalue weighted by atomic mass is 10.5. The molecule has 0 radical (unpaired) electrons. The molecule has 0 aromatic carbocycles. The number of fused-ring (bicyclic) bond motifs is 1. The third kappa shape index (κ3) is 1.27. The summed E-state index contributed by atoms with van der Waals surface area (Å²) in [6.45, 7) is 2.31. The van der Waals surface area contributed by atoms with Gasteiger partial charge in [0, 0.05) is 13.6 Å². The van der Waals surface area contributed by atoms with E-state index in [0.29, 0.717) is 22.5 Å². The summed E-state index contributed by atoms with van der Waals surface area (Å²) in [4.78, 5) is 28.9. The molecule has 0 saturated heterocycles. The molecule has 0 aliphatic rings. The molecule has 0 aliphatic heterocycles. The zero-order valence-corrected chi connectivity index (χ0v) is 9.14. The summed E-state index contributed by atoms with van der Waals surface area (Å²) in [5.41, 5.74) is 0.0758. The minimum Gasteiger partial charge on any atom is -0.325 e. The first-order chi connectivity index (χ1) is 7.06. The maximum atomic E-state index is 11.7. The number of hydrogen-bond acceptors (Lipinski definition) is 3. The largest absolute Gasteiger partial charge is 0.332 e. The minimum atomic E-state index is -0.368. The van der Waals surface area contributed by atoms with Gasteiger partial charge in [-0.3, -0.25) is 13.9 Å². The molecular formula is C8H10N4O2S. The van der Waals surface area contributed by atoms with E-state index in [0.717, 1.165) is 4.57 Å². The highest BCUT2D eigenvalue weighted by atomic mass is 32.1. The molecule has 2 rings (SSSR count). The van der Waals surface area contributed by atoms with Gasteiger partial charge in [-0.2, -0.15) is 0 Å². The van der Waals surface area contributed by atoms with Gasteiger partial charge in [0.25, 0.3) is 5.56 Å². The smallest absolute Gasteiger partial charge is 0.325 e. The predicted molar refractivity (Wildman–Crippen MR) is 58.7 cm³/mol. The van der Waals surface area contributed by atoms with Gasteiger partial charge in [0.05, 0.1) is 0 Å². The molecule has 0 amide bonds. The van der Waals surface area contributed by atoms with E-state index >= 15 is 0 Å². The van der Waals surface area contributed by atoms with Gasteiger partial charge < -0.3 is 9.97 Å². The van der Waals surface area contributed by atoms with Crippen molar-refractivity contribution in [3.63, 3.8) is 0 Å². The molecule has 80 valence electrons. The summed E-state index contributed by atoms with van der Waals surface area (Å²) < 4.78 is 2.86. The van der Waals surface area contributed by atoms with Crippen LogP contribution in [-0.4, -0.2) is 19.1 Å². The summed E-state index contributed by atoms with van der Waals surface area (Å²) in [7, 11) is 1.44. The van der Waals surface area contributed by atoms with Crippen molar-refractivity contribution >= 4 is 23.4 Å². The van der Waals surface area contributed by atoms with Crippen LogP contribution < -0.4 is 11.2 Å². The molecule has 0 saturated carbocycles. The summed E-state index contributed by atoms with van der Waals surface area (Å²) in [6.07, 6.45) is 0. The number of aromatic amines is 2. The second-order valence-electron chi connectivity index (χ2n) is 3.19. The molecule has 0 atom stereocenters. The second kappa shape index (κ2) is 3.20. The van der Waals surface area contributed by atoms with Crippen LogP contribution in [0, 0.1) is 4.77 Å². The predicted octanol–water partition coefficient (Wildman–Crippen LogP) is 0.106. The lowest BCUT2D eigenvalue weighted by Crippen LogP contribution is -2.37. The molecule has 0 fully saturated rings. The Hall–Kier alpha value is -1.63. The van der Waals surface area contributed by atoms with Gasteiger partial charge in [0.15, 0.2) is 4.77 Å². The first kappa shape index (κ1) is 9.91. The van der Waals surface area contributed by atoms with Crippen molar-refractivity contribution in [1.82, 2.24) is 19.1 Å². The number of aromatic nitrogens is 4. The van der Waals surface area contributed by atoms with Crippen LogP contribution in [0.1, 0.15) is 6.92 Å². The molecule has 0 unspecified atom stereocenters. The van der Waals surface area contributed by atoms with Gasteiger partial charge in [0.1, 0.15) is 11.2 Å². The Morgan fingerprint density at radius 2 is 2.00 bits per heavy atom. The van der Waals surface area contributed by atoms with E-state index in [1.807, 2.05) is 6.92 Å². The van der Waals surface area contributed by atoms with Gasteiger partial charge in [-0.15, -0.1) is 0 Å². The molecule has 15 heavy (non-hydrogen) atoms. The van der Waals surface area contributed by atoms with Gasteiger partial charge in [-0.25, -0.2) is 4.79 Å². The Morgan fingerprint density at radius 1 is 1.33 bits per heavy atom. The van der Waals surface area contributed by atoms with E-state index in [1.165, 1.54) is 11.6 Å². The van der Waals surface area contributed by atoms with Gasteiger partial charge >= 0.3 is 5.69 Å². The third-order valence-corrected chi connectivity index (χ3v) is 2.53. The summed E-state index contributed by atoms with van der Waals surface area (Å²) in [5.74, 6) is 0. The highest BCUT2D eigenvalue weighted by molar-refractivity contribution is 7.71. The lowest BCUT2D eigenvalue weighted by molar-refractivity contribution is 0.652. The summed E-state index contributed by atoms with van der Waals surface area (Å²) in [5, 5.41) is 0. The van der Waals surface area contributed by atoms with E-state index in [9.17, 15) is 9.59 Å². The van der Waals surface area contributed by atoms with Crippen molar-refractivity contribution in [2.75, 3.05) is 0 Å². The Labute approximate surface area is 89.2 Å². The molecular weight excluding hydrogens is 216 g/mol. The fourth-order valence-electron chi connectivity index (χ4n) is 1.56. The van der Waals surface area contributed by atoms with E-state index in [-0.39, 0.29) is 11.2 Å². The van der Waals surface area contributed by atoms with E-state index in [2.05, 4.69) is 9.97 Å². The lowest BCUT2D eigenvalue weighted by Gasteiger charge is -2.05. The van der Waals surface area contributed by atoms with Gasteiger partial charge in [0.2, 0.25) is 0 Å². The van der Waals surface area contributed by atoms with Crippen LogP contribution in [0.2, 0.25) is 0 Å². The third-order valence-electron chi connectivity index (χ3n) is 2.33. The normalized spacial score (nSPS) is 11.1. The number of rotatable bonds is 1. The van der Waals surface area contributed by atoms with Crippen molar-refractivity contribution in [2.24, 2.45) is 7.05 Å². The minimum absolute atomic E-state index is 0.337. The molecule has 2 heterocycles. The van der Waals surface area contributed by atoms with Crippen molar-refractivity contribution in [3.05, 3.63) is 25.6 Å². The summed E-state index contributed by atoms with van der Waals surface area (Å²) >= 11 is 4.89. The number of aryl methyl sites for hydroxylation is 1. The highest BCUT2D eigenvalue weighted by Gasteiger charge is 2.10. The number of hydrogen-bond donors (Lipinski definition) is 2. The number of H-pyrrole nitrogens is 2. The van der Waals surface area contributed by atoms with Crippen LogP contribution in [0.4, 0.5) is 0 Å². The van der Waals surface area contributed by atoms with Crippen LogP contribution in [0.25, 0.3) is 11.2 Å². The zero-order valence-electron chi connectivity index (χ0n) is 8.33. The fourth-order valence-corrected chi connectivity index (χ4v) is 1.75. The van der Waals surface area contributed by atoms with Crippen molar-refractivity contribution < 1.29 is 0 Å². The fraction of sp³-hybridized carbons (Fsp3) is 0.375. The van der Waals surface area contributed by atoms with Crippen molar-refractivity contribution in [1.29, 1.82) is 0 Å². The average Bonchev–Trinajstić information content (AvgIpc) is 2.58. The van der Waals surface area contributed by atoms with Crippen molar-refractivity contribution in [2.45, 2.75) is 13.5 Å². The number of imidazole rings is 1. The first-order valence-electron chi connectivity index (χ1n) is 4.48. The monoisotopic (exact) mass is 226 g/mol. The number of nitrogens with zero attached hydrogens (tertiary/aromatic N) is 2. The van der Waals surface area contributed by atoms with Crippen LogP contribution >= 0.6 is 12.2 Å². The number of nitrogens with one attached hydrogen (secondary N) is 2. The van der Waals surface area contributed by atoms with E-state index < -0.39 is 0 Å². The first-order valence-corrected chi connectivity index (χ1v) is 4.89. The molecule has 0 spiro atoms. The van der Waals surface area contributed by atoms with Crippen LogP contribution in [0.3, 0.4) is 0 Å². The van der Waals surface area contributed by atoms with Gasteiger partial charge in [-0.1, -0.05) is 0 Å². The Kier molecular flexibility index (Phi) is 2.11. The summed E-state index contributed by atoms with van der Waals surface area (Å²) in [6, 6.07) is 0. The quantitative estimate of drug-likeness (QED) is 0.677.